The fourth-order valence-corrected chi connectivity index (χ4v) is 8.05. The quantitative estimate of drug-likeness (QED) is 0.867. The maximum absolute atomic E-state index is 12.7. The van der Waals surface area contributed by atoms with Crippen molar-refractivity contribution in [3.8, 4) is 0 Å². The van der Waals surface area contributed by atoms with E-state index in [1.165, 1.54) is 6.42 Å². The molecule has 2 fully saturated rings. The minimum atomic E-state index is -2.05. The Hall–Kier alpha value is -0.501. The number of rotatable bonds is 3. The van der Waals surface area contributed by atoms with Gasteiger partial charge >= 0.3 is 119 Å². The van der Waals surface area contributed by atoms with Gasteiger partial charge in [-0.3, -0.25) is 0 Å². The monoisotopic (exact) mass is 326 g/mol. The molecule has 0 aliphatic heterocycles. The first-order valence-corrected chi connectivity index (χ1v) is 9.85. The molecule has 2 aliphatic carbocycles. The molecule has 1 unspecified atom stereocenters. The summed E-state index contributed by atoms with van der Waals surface area (Å²) in [5.41, 5.74) is 0.0211. The molecule has 1 aromatic rings. The van der Waals surface area contributed by atoms with Gasteiger partial charge in [-0.1, -0.05) is 0 Å². The normalized spacial score (nSPS) is 37.4. The Balaban J connectivity index is 1.88. The van der Waals surface area contributed by atoms with Gasteiger partial charge in [0.05, 0.1) is 0 Å². The van der Waals surface area contributed by atoms with Crippen LogP contribution in [0.1, 0.15) is 33.1 Å². The van der Waals surface area contributed by atoms with E-state index in [1.54, 1.807) is 0 Å². The summed E-state index contributed by atoms with van der Waals surface area (Å²) in [7, 11) is 0. The summed E-state index contributed by atoms with van der Waals surface area (Å²) < 4.78 is 13.7. The number of hydrogen-bond donors (Lipinski definition) is 1. The number of aliphatic hydroxyl groups excluding tert-OH is 1. The van der Waals surface area contributed by atoms with Crippen LogP contribution in [0.25, 0.3) is 0 Å². The van der Waals surface area contributed by atoms with Crippen LogP contribution in [-0.4, -0.2) is 25.0 Å². The second-order valence-corrected chi connectivity index (χ2v) is 9.71. The van der Waals surface area contributed by atoms with Crippen LogP contribution in [0.3, 0.4) is 0 Å². The molecule has 0 amide bonds. The Labute approximate surface area is 119 Å². The average Bonchev–Trinajstić information content (AvgIpc) is 2.74. The van der Waals surface area contributed by atoms with Crippen molar-refractivity contribution in [3.63, 3.8) is 0 Å². The van der Waals surface area contributed by atoms with E-state index in [9.17, 15) is 8.94 Å². The topological polar surface area (TPSA) is 37.3 Å². The van der Waals surface area contributed by atoms with Gasteiger partial charge in [0.2, 0.25) is 0 Å². The summed E-state index contributed by atoms with van der Waals surface area (Å²) in [5.74, 6) is 0.608. The van der Waals surface area contributed by atoms with Gasteiger partial charge in [-0.25, -0.2) is 0 Å². The zero-order chi connectivity index (χ0) is 13.7. The molecule has 2 saturated carbocycles. The van der Waals surface area contributed by atoms with Crippen molar-refractivity contribution < 1.29 is 8.94 Å². The predicted octanol–water partition coefficient (Wildman–Crippen LogP) is 2.50. The van der Waals surface area contributed by atoms with Crippen LogP contribution >= 0.6 is 0 Å². The van der Waals surface area contributed by atoms with E-state index in [-0.39, 0.29) is 16.9 Å². The van der Waals surface area contributed by atoms with Crippen LogP contribution in [-0.2, 0) is 3.83 Å². The molecule has 0 spiro atoms. The van der Waals surface area contributed by atoms with Crippen molar-refractivity contribution in [2.45, 2.75) is 44.5 Å². The Morgan fingerprint density at radius 3 is 2.53 bits per heavy atom. The summed E-state index contributed by atoms with van der Waals surface area (Å²) in [4.78, 5) is 0. The summed E-state index contributed by atoms with van der Waals surface area (Å²) in [5, 5.41) is 11.2. The van der Waals surface area contributed by atoms with Gasteiger partial charge in [0.1, 0.15) is 0 Å². The zero-order valence-electron chi connectivity index (χ0n) is 11.6. The Bertz CT molecular complexity index is 497. The molecule has 2 bridgehead atoms. The van der Waals surface area contributed by atoms with Crippen LogP contribution in [0.4, 0.5) is 0 Å². The SMILES string of the molecule is CC1(C)[C@@H]2CC[C@@]1(C[Se](=O)c1ccccc1)[C@H](O)C2. The molecule has 0 radical (unpaired) electrons. The number of hydrogen-bond acceptors (Lipinski definition) is 2. The maximum atomic E-state index is 12.7. The number of benzene rings is 1. The summed E-state index contributed by atoms with van der Waals surface area (Å²) in [6.45, 7) is 4.54. The molecule has 2 nitrogen and oxygen atoms in total. The Morgan fingerprint density at radius 2 is 2.00 bits per heavy atom. The third-order valence-corrected chi connectivity index (χ3v) is 9.09. The third-order valence-electron chi connectivity index (χ3n) is 5.78. The van der Waals surface area contributed by atoms with Crippen LogP contribution in [0.2, 0.25) is 5.32 Å². The van der Waals surface area contributed by atoms with Crippen molar-refractivity contribution in [2.75, 3.05) is 0 Å². The van der Waals surface area contributed by atoms with Crippen LogP contribution in [0.5, 0.6) is 0 Å². The van der Waals surface area contributed by atoms with Gasteiger partial charge in [0.15, 0.2) is 0 Å². The van der Waals surface area contributed by atoms with Crippen molar-refractivity contribution in [1.82, 2.24) is 0 Å². The van der Waals surface area contributed by atoms with Crippen molar-refractivity contribution in [3.05, 3.63) is 30.3 Å². The molecule has 1 aromatic carbocycles. The molecule has 1 N–H and O–H groups in total. The minimum absolute atomic E-state index is 0.111. The fourth-order valence-electron chi connectivity index (χ4n) is 4.27. The number of aliphatic hydroxyl groups is 1. The van der Waals surface area contributed by atoms with Gasteiger partial charge in [0, 0.05) is 0 Å². The van der Waals surface area contributed by atoms with Gasteiger partial charge in [-0.2, -0.15) is 0 Å². The van der Waals surface area contributed by atoms with Gasteiger partial charge in [0.25, 0.3) is 0 Å². The van der Waals surface area contributed by atoms with Crippen molar-refractivity contribution in [1.29, 1.82) is 0 Å². The van der Waals surface area contributed by atoms with E-state index >= 15 is 0 Å². The second kappa shape index (κ2) is 4.51. The van der Waals surface area contributed by atoms with E-state index < -0.39 is 13.8 Å². The van der Waals surface area contributed by atoms with E-state index in [1.807, 2.05) is 30.3 Å². The molecule has 3 heteroatoms. The van der Waals surface area contributed by atoms with E-state index in [2.05, 4.69) is 13.8 Å². The van der Waals surface area contributed by atoms with Crippen LogP contribution in [0, 0.1) is 16.7 Å². The van der Waals surface area contributed by atoms with Gasteiger partial charge < -0.3 is 0 Å². The summed E-state index contributed by atoms with van der Waals surface area (Å²) >= 11 is -2.05. The summed E-state index contributed by atoms with van der Waals surface area (Å²) in [6, 6.07) is 9.80. The van der Waals surface area contributed by atoms with Crippen molar-refractivity contribution in [2.24, 2.45) is 16.7 Å². The third kappa shape index (κ3) is 1.86. The Kier molecular flexibility index (Phi) is 3.20. The first-order valence-electron chi connectivity index (χ1n) is 7.09. The van der Waals surface area contributed by atoms with E-state index in [0.717, 1.165) is 17.3 Å². The molecule has 104 valence electrons. The van der Waals surface area contributed by atoms with E-state index in [0.29, 0.717) is 11.2 Å². The molecule has 3 rings (SSSR count). The zero-order valence-corrected chi connectivity index (χ0v) is 13.3. The molecular weight excluding hydrogens is 303 g/mol. The van der Waals surface area contributed by atoms with Crippen LogP contribution < -0.4 is 4.46 Å². The molecule has 19 heavy (non-hydrogen) atoms. The molecular formula is C16H22O2Se. The Morgan fingerprint density at radius 1 is 1.32 bits per heavy atom. The molecule has 0 aromatic heterocycles. The molecule has 2 aliphatic rings. The average molecular weight is 325 g/mol. The summed E-state index contributed by atoms with van der Waals surface area (Å²) in [6.07, 6.45) is 2.88. The first kappa shape index (κ1) is 13.5. The second-order valence-electron chi connectivity index (χ2n) is 6.67. The fraction of sp³-hybridized carbons (Fsp3) is 0.625. The van der Waals surface area contributed by atoms with Gasteiger partial charge in [-0.15, -0.1) is 0 Å². The number of fused-ring (bicyclic) bond motifs is 2. The van der Waals surface area contributed by atoms with Crippen LogP contribution in [0.15, 0.2) is 30.3 Å². The molecule has 4 atom stereocenters. The van der Waals surface area contributed by atoms with E-state index in [4.69, 9.17) is 0 Å². The predicted molar refractivity (Wildman–Crippen MR) is 76.9 cm³/mol. The molecule has 0 heterocycles. The van der Waals surface area contributed by atoms with Gasteiger partial charge in [-0.05, 0) is 0 Å². The van der Waals surface area contributed by atoms with Crippen molar-refractivity contribution >= 4 is 18.3 Å². The standard InChI is InChI=1S/C16H22O2Se/c1-15(2)12-8-9-16(15,14(17)10-12)11-19(18)13-6-4-3-5-7-13/h3-7,12,14,17H,8-11H2,1-2H3/t12-,14-,16-,19?/m1/s1. The first-order chi connectivity index (χ1) is 8.97. The molecule has 0 saturated heterocycles.